The molecule has 1 saturated heterocycles. The second kappa shape index (κ2) is 12.6. The topological polar surface area (TPSA) is 78.5 Å². The maximum Gasteiger partial charge on any atom is 0.251 e. The fraction of sp³-hybridized carbons (Fsp3) is 0.654. The number of unbranched alkanes of at least 4 members (excludes halogenated alkanes) is 3. The Kier molecular flexibility index (Phi) is 9.57. The van der Waals surface area contributed by atoms with Crippen LogP contribution in [0.25, 0.3) is 0 Å². The van der Waals surface area contributed by atoms with Crippen LogP contribution in [0.1, 0.15) is 87.9 Å². The van der Waals surface area contributed by atoms with Crippen LogP contribution in [0, 0.1) is 5.92 Å². The highest BCUT2D eigenvalue weighted by Crippen LogP contribution is 2.22. The molecule has 0 spiro atoms. The maximum atomic E-state index is 13.1. The molecule has 6 nitrogen and oxygen atoms in total. The lowest BCUT2D eigenvalue weighted by Crippen LogP contribution is -2.55. The average Bonchev–Trinajstić information content (AvgIpc) is 2.83. The van der Waals surface area contributed by atoms with Crippen molar-refractivity contribution in [3.63, 3.8) is 0 Å². The molecule has 3 atom stereocenters. The van der Waals surface area contributed by atoms with E-state index in [1.807, 2.05) is 35.2 Å². The van der Waals surface area contributed by atoms with Gasteiger partial charge in [0.2, 0.25) is 11.8 Å². The van der Waals surface area contributed by atoms with Gasteiger partial charge in [0.15, 0.2) is 0 Å². The lowest BCUT2D eigenvalue weighted by molar-refractivity contribution is -0.136. The van der Waals surface area contributed by atoms with Crippen molar-refractivity contribution in [1.29, 1.82) is 0 Å². The summed E-state index contributed by atoms with van der Waals surface area (Å²) in [6, 6.07) is 9.11. The van der Waals surface area contributed by atoms with E-state index in [0.29, 0.717) is 18.5 Å². The van der Waals surface area contributed by atoms with Crippen LogP contribution in [0.4, 0.5) is 0 Å². The molecule has 1 aromatic rings. The first-order valence-corrected chi connectivity index (χ1v) is 12.5. The van der Waals surface area contributed by atoms with E-state index in [1.165, 1.54) is 6.42 Å². The second-order valence-corrected chi connectivity index (χ2v) is 9.34. The Morgan fingerprint density at radius 3 is 2.34 bits per heavy atom. The molecule has 0 bridgehead atoms. The number of nitrogens with one attached hydrogen (secondary N) is 2. The normalized spacial score (nSPS) is 23.4. The Labute approximate surface area is 192 Å². The molecule has 2 aliphatic rings. The molecule has 0 radical (unpaired) electrons. The van der Waals surface area contributed by atoms with Gasteiger partial charge in [-0.05, 0) is 44.2 Å². The van der Waals surface area contributed by atoms with Crippen molar-refractivity contribution >= 4 is 17.7 Å². The summed E-state index contributed by atoms with van der Waals surface area (Å²) in [5.41, 5.74) is 0.642. The number of carbonyl (C=O) groups excluding carboxylic acids is 3. The van der Waals surface area contributed by atoms with Crippen molar-refractivity contribution in [3.8, 4) is 0 Å². The molecule has 2 N–H and O–H groups in total. The van der Waals surface area contributed by atoms with Crippen molar-refractivity contribution in [2.24, 2.45) is 5.92 Å². The molecule has 3 rings (SSSR count). The number of carbonyl (C=O) groups is 3. The summed E-state index contributed by atoms with van der Waals surface area (Å²) in [4.78, 5) is 40.2. The van der Waals surface area contributed by atoms with Crippen molar-refractivity contribution in [3.05, 3.63) is 35.9 Å². The molecule has 2 fully saturated rings. The van der Waals surface area contributed by atoms with Crippen molar-refractivity contribution < 1.29 is 14.4 Å². The molecular formula is C26H39N3O3. The van der Waals surface area contributed by atoms with E-state index < -0.39 is 0 Å². The predicted octanol–water partition coefficient (Wildman–Crippen LogP) is 4.05. The van der Waals surface area contributed by atoms with E-state index in [1.54, 1.807) is 0 Å². The van der Waals surface area contributed by atoms with Gasteiger partial charge in [0.25, 0.3) is 5.91 Å². The third-order valence-corrected chi connectivity index (χ3v) is 6.84. The highest BCUT2D eigenvalue weighted by molar-refractivity contribution is 5.94. The van der Waals surface area contributed by atoms with Gasteiger partial charge in [-0.2, -0.15) is 0 Å². The van der Waals surface area contributed by atoms with Gasteiger partial charge >= 0.3 is 0 Å². The zero-order chi connectivity index (χ0) is 22.8. The van der Waals surface area contributed by atoms with Crippen LogP contribution in [0.15, 0.2) is 30.3 Å². The highest BCUT2D eigenvalue weighted by Gasteiger charge is 2.33. The molecule has 1 saturated carbocycles. The largest absolute Gasteiger partial charge is 0.351 e. The third-order valence-electron chi connectivity index (χ3n) is 6.84. The molecule has 3 amide bonds. The first-order valence-electron chi connectivity index (χ1n) is 12.5. The minimum absolute atomic E-state index is 0.0272. The second-order valence-electron chi connectivity index (χ2n) is 9.34. The minimum Gasteiger partial charge on any atom is -0.351 e. The van der Waals surface area contributed by atoms with Crippen LogP contribution in [0.2, 0.25) is 0 Å². The van der Waals surface area contributed by atoms with Crippen LogP contribution >= 0.6 is 0 Å². The van der Waals surface area contributed by atoms with Gasteiger partial charge in [-0.15, -0.1) is 0 Å². The molecule has 0 aromatic heterocycles. The fourth-order valence-electron chi connectivity index (χ4n) is 4.90. The summed E-state index contributed by atoms with van der Waals surface area (Å²) in [5.74, 6) is -0.0337. The SMILES string of the molecule is CCCCCCC(=O)N1CCC[C@@H](C(=O)N[C@@H]2CCCC[C@H]2NC(=O)c2ccccc2)C1. The summed E-state index contributed by atoms with van der Waals surface area (Å²) in [7, 11) is 0. The predicted molar refractivity (Wildman–Crippen MR) is 126 cm³/mol. The third kappa shape index (κ3) is 7.07. The van der Waals surface area contributed by atoms with Gasteiger partial charge in [0.1, 0.15) is 0 Å². The van der Waals surface area contributed by atoms with Crippen molar-refractivity contribution in [2.75, 3.05) is 13.1 Å². The fourth-order valence-corrected chi connectivity index (χ4v) is 4.90. The first-order chi connectivity index (χ1) is 15.6. The number of nitrogens with zero attached hydrogens (tertiary/aromatic N) is 1. The van der Waals surface area contributed by atoms with E-state index in [-0.39, 0.29) is 35.7 Å². The number of rotatable bonds is 9. The number of hydrogen-bond donors (Lipinski definition) is 2. The molecule has 32 heavy (non-hydrogen) atoms. The Bertz CT molecular complexity index is 752. The molecule has 1 heterocycles. The monoisotopic (exact) mass is 441 g/mol. The molecule has 1 aliphatic heterocycles. The quantitative estimate of drug-likeness (QED) is 0.568. The van der Waals surface area contributed by atoms with Crippen LogP contribution in [0.3, 0.4) is 0 Å². The number of likely N-dealkylation sites (tertiary alicyclic amines) is 1. The Hall–Kier alpha value is -2.37. The van der Waals surface area contributed by atoms with E-state index in [9.17, 15) is 14.4 Å². The van der Waals surface area contributed by atoms with Gasteiger partial charge in [-0.3, -0.25) is 14.4 Å². The zero-order valence-electron chi connectivity index (χ0n) is 19.5. The smallest absolute Gasteiger partial charge is 0.251 e. The van der Waals surface area contributed by atoms with Crippen LogP contribution < -0.4 is 10.6 Å². The molecule has 0 unspecified atom stereocenters. The first kappa shape index (κ1) is 24.3. The molecule has 1 aliphatic carbocycles. The summed E-state index contributed by atoms with van der Waals surface area (Å²) in [5, 5.41) is 6.36. The lowest BCUT2D eigenvalue weighted by Gasteiger charge is -2.36. The maximum absolute atomic E-state index is 13.1. The number of hydrogen-bond acceptors (Lipinski definition) is 3. The average molecular weight is 442 g/mol. The summed E-state index contributed by atoms with van der Waals surface area (Å²) in [6.45, 7) is 3.45. The number of benzene rings is 1. The van der Waals surface area contributed by atoms with Gasteiger partial charge in [0, 0.05) is 37.2 Å². The van der Waals surface area contributed by atoms with E-state index in [0.717, 1.165) is 64.3 Å². The van der Waals surface area contributed by atoms with Gasteiger partial charge in [-0.25, -0.2) is 0 Å². The summed E-state index contributed by atoms with van der Waals surface area (Å²) >= 11 is 0. The van der Waals surface area contributed by atoms with Crippen LogP contribution in [-0.2, 0) is 9.59 Å². The molecular weight excluding hydrogens is 402 g/mol. The van der Waals surface area contributed by atoms with Gasteiger partial charge in [0.05, 0.1) is 5.92 Å². The number of amides is 3. The summed E-state index contributed by atoms with van der Waals surface area (Å²) < 4.78 is 0. The number of piperidine rings is 1. The minimum atomic E-state index is -0.157. The molecule has 6 heteroatoms. The van der Waals surface area contributed by atoms with Gasteiger partial charge < -0.3 is 15.5 Å². The van der Waals surface area contributed by atoms with Crippen LogP contribution in [-0.4, -0.2) is 47.8 Å². The standard InChI is InChI=1S/C26H39N3O3/c1-2-3-4-8-17-24(30)29-18-11-14-21(19-29)26(32)28-23-16-10-9-15-22(23)27-25(31)20-12-6-5-7-13-20/h5-7,12-13,21-23H,2-4,8-11,14-19H2,1H3,(H,27,31)(H,28,32)/t21-,22-,23-/m1/s1. The van der Waals surface area contributed by atoms with E-state index >= 15 is 0 Å². The van der Waals surface area contributed by atoms with Crippen molar-refractivity contribution in [2.45, 2.75) is 89.6 Å². The lowest BCUT2D eigenvalue weighted by atomic mass is 9.88. The van der Waals surface area contributed by atoms with E-state index in [2.05, 4.69) is 17.6 Å². The summed E-state index contributed by atoms with van der Waals surface area (Å²) in [6.07, 6.45) is 10.5. The van der Waals surface area contributed by atoms with Crippen LogP contribution in [0.5, 0.6) is 0 Å². The zero-order valence-corrected chi connectivity index (χ0v) is 19.5. The Morgan fingerprint density at radius 2 is 1.62 bits per heavy atom. The Balaban J connectivity index is 1.51. The van der Waals surface area contributed by atoms with Gasteiger partial charge in [-0.1, -0.05) is 57.2 Å². The van der Waals surface area contributed by atoms with Crippen molar-refractivity contribution in [1.82, 2.24) is 15.5 Å². The van der Waals surface area contributed by atoms with E-state index in [4.69, 9.17) is 0 Å². The Morgan fingerprint density at radius 1 is 0.906 bits per heavy atom. The molecule has 176 valence electrons. The molecule has 1 aromatic carbocycles. The highest BCUT2D eigenvalue weighted by atomic mass is 16.2.